The van der Waals surface area contributed by atoms with Crippen LogP contribution in [0.15, 0.2) is 90.0 Å². The normalized spacial score (nSPS) is 12.4. The van der Waals surface area contributed by atoms with E-state index in [1.54, 1.807) is 0 Å². The largest absolute Gasteiger partial charge is 0.342 e. The van der Waals surface area contributed by atoms with Crippen molar-refractivity contribution in [1.82, 2.24) is 4.57 Å². The number of para-hydroxylation sites is 1. The van der Waals surface area contributed by atoms with Gasteiger partial charge in [0.05, 0.1) is 0 Å². The predicted octanol–water partition coefficient (Wildman–Crippen LogP) is 6.68. The van der Waals surface area contributed by atoms with E-state index in [-0.39, 0.29) is 5.82 Å². The highest BCUT2D eigenvalue weighted by atomic mass is 32.2. The number of halogens is 1. The van der Waals surface area contributed by atoms with Gasteiger partial charge < -0.3 is 4.57 Å². The van der Waals surface area contributed by atoms with Gasteiger partial charge in [0.15, 0.2) is 0 Å². The van der Waals surface area contributed by atoms with Crippen LogP contribution < -0.4 is 0 Å². The van der Waals surface area contributed by atoms with Crippen molar-refractivity contribution in [1.29, 1.82) is 0 Å². The van der Waals surface area contributed by atoms with Crippen LogP contribution in [0.5, 0.6) is 0 Å². The molecule has 0 saturated heterocycles. The Hall–Kier alpha value is -2.52. The van der Waals surface area contributed by atoms with Crippen LogP contribution >= 0.6 is 11.8 Å². The van der Waals surface area contributed by atoms with Crippen molar-refractivity contribution in [3.63, 3.8) is 0 Å². The zero-order valence-electron chi connectivity index (χ0n) is 14.6. The molecule has 0 radical (unpaired) electrons. The average Bonchev–Trinajstić information content (AvgIpc) is 3.02. The van der Waals surface area contributed by atoms with Crippen LogP contribution in [0, 0.1) is 5.82 Å². The van der Waals surface area contributed by atoms with Crippen molar-refractivity contribution in [2.75, 3.05) is 0 Å². The first kappa shape index (κ1) is 16.9. The van der Waals surface area contributed by atoms with Gasteiger partial charge in [0, 0.05) is 33.8 Å². The summed E-state index contributed by atoms with van der Waals surface area (Å²) in [6.45, 7) is 2.98. The summed E-state index contributed by atoms with van der Waals surface area (Å²) in [4.78, 5) is 1.28. The van der Waals surface area contributed by atoms with Crippen molar-refractivity contribution >= 4 is 22.7 Å². The molecule has 1 aromatic heterocycles. The minimum absolute atomic E-state index is 0.195. The second-order valence-electron chi connectivity index (χ2n) is 6.44. The first-order chi connectivity index (χ1) is 12.7. The summed E-state index contributed by atoms with van der Waals surface area (Å²) in [5.74, 6) is -0.195. The molecule has 130 valence electrons. The van der Waals surface area contributed by atoms with Crippen molar-refractivity contribution in [2.45, 2.75) is 23.6 Å². The van der Waals surface area contributed by atoms with Gasteiger partial charge in [-0.2, -0.15) is 0 Å². The zero-order chi connectivity index (χ0) is 17.9. The summed E-state index contributed by atoms with van der Waals surface area (Å²) in [6.07, 6.45) is 2.22. The highest BCUT2D eigenvalue weighted by molar-refractivity contribution is 7.99. The van der Waals surface area contributed by atoms with Gasteiger partial charge in [-0.25, -0.2) is 4.39 Å². The van der Waals surface area contributed by atoms with Crippen LogP contribution in [0.3, 0.4) is 0 Å². The van der Waals surface area contributed by atoms with Gasteiger partial charge in [0.25, 0.3) is 0 Å². The van der Waals surface area contributed by atoms with Crippen LogP contribution in [0.4, 0.5) is 4.39 Å². The van der Waals surface area contributed by atoms with E-state index in [9.17, 15) is 4.39 Å². The lowest BCUT2D eigenvalue weighted by Crippen LogP contribution is -1.97. The number of aromatic nitrogens is 1. The molecule has 1 unspecified atom stereocenters. The summed E-state index contributed by atoms with van der Waals surface area (Å²) in [5.41, 5.74) is 3.63. The Balaban J connectivity index is 1.66. The molecule has 1 atom stereocenters. The Bertz CT molecular complexity index is 1010. The topological polar surface area (TPSA) is 4.93 Å². The maximum Gasteiger partial charge on any atom is 0.123 e. The third kappa shape index (κ3) is 3.54. The molecule has 1 nitrogen and oxygen atoms in total. The maximum absolute atomic E-state index is 13.2. The van der Waals surface area contributed by atoms with Crippen molar-refractivity contribution < 1.29 is 4.39 Å². The summed E-state index contributed by atoms with van der Waals surface area (Å²) >= 11 is 1.88. The first-order valence-electron chi connectivity index (χ1n) is 8.74. The minimum Gasteiger partial charge on any atom is -0.342 e. The van der Waals surface area contributed by atoms with E-state index in [4.69, 9.17) is 0 Å². The highest BCUT2D eigenvalue weighted by Gasteiger charge is 2.13. The van der Waals surface area contributed by atoms with E-state index in [1.807, 2.05) is 23.9 Å². The Kier molecular flexibility index (Phi) is 4.81. The number of nitrogens with zero attached hydrogens (tertiary/aromatic N) is 1. The molecule has 4 aromatic rings. The van der Waals surface area contributed by atoms with Crippen molar-refractivity contribution in [3.05, 3.63) is 102 Å². The fourth-order valence-electron chi connectivity index (χ4n) is 3.21. The van der Waals surface area contributed by atoms with Gasteiger partial charge in [0.1, 0.15) is 5.82 Å². The lowest BCUT2D eigenvalue weighted by atomic mass is 10.2. The lowest BCUT2D eigenvalue weighted by molar-refractivity contribution is 0.626. The highest BCUT2D eigenvalue weighted by Crippen LogP contribution is 2.39. The number of hydrogen-bond donors (Lipinski definition) is 0. The van der Waals surface area contributed by atoms with Crippen LogP contribution in [0.2, 0.25) is 0 Å². The summed E-state index contributed by atoms with van der Waals surface area (Å²) in [7, 11) is 0. The van der Waals surface area contributed by atoms with Gasteiger partial charge in [-0.05, 0) is 36.2 Å². The molecule has 3 aromatic carbocycles. The Labute approximate surface area is 157 Å². The van der Waals surface area contributed by atoms with Crippen LogP contribution in [-0.2, 0) is 6.54 Å². The van der Waals surface area contributed by atoms with Gasteiger partial charge >= 0.3 is 0 Å². The standard InChI is InChI=1S/C23H20FNS/c1-17(19-7-3-2-4-8-19)26-23-16-25(22-10-6-5-9-21(22)23)15-18-11-13-20(24)14-12-18/h2-14,16-17H,15H2,1H3. The molecule has 26 heavy (non-hydrogen) atoms. The van der Waals surface area contributed by atoms with Crippen LogP contribution in [0.1, 0.15) is 23.3 Å². The smallest absolute Gasteiger partial charge is 0.123 e. The molecule has 0 fully saturated rings. The van der Waals surface area contributed by atoms with E-state index in [0.29, 0.717) is 5.25 Å². The maximum atomic E-state index is 13.2. The first-order valence-corrected chi connectivity index (χ1v) is 9.62. The number of hydrogen-bond acceptors (Lipinski definition) is 1. The summed E-state index contributed by atoms with van der Waals surface area (Å²) in [6, 6.07) is 25.8. The molecule has 4 rings (SSSR count). The second-order valence-corrected chi connectivity index (χ2v) is 7.82. The predicted molar refractivity (Wildman–Crippen MR) is 108 cm³/mol. The number of thioether (sulfide) groups is 1. The van der Waals surface area contributed by atoms with Gasteiger partial charge in [-0.1, -0.05) is 60.7 Å². The monoisotopic (exact) mass is 361 g/mol. The molecular formula is C23H20FNS. The Morgan fingerprint density at radius 3 is 2.35 bits per heavy atom. The quantitative estimate of drug-likeness (QED) is 0.359. The van der Waals surface area contributed by atoms with Crippen molar-refractivity contribution in [2.24, 2.45) is 0 Å². The SMILES string of the molecule is CC(Sc1cn(Cc2ccc(F)cc2)c2ccccc12)c1ccccc1. The van der Waals surface area contributed by atoms with Gasteiger partial charge in [-0.15, -0.1) is 11.8 Å². The lowest BCUT2D eigenvalue weighted by Gasteiger charge is -2.10. The molecule has 0 amide bonds. The van der Waals surface area contributed by atoms with Gasteiger partial charge in [-0.3, -0.25) is 0 Å². The summed E-state index contributed by atoms with van der Waals surface area (Å²) in [5, 5.41) is 1.64. The fraction of sp³-hybridized carbons (Fsp3) is 0.130. The van der Waals surface area contributed by atoms with E-state index in [2.05, 4.69) is 72.3 Å². The molecule has 0 bridgehead atoms. The van der Waals surface area contributed by atoms with E-state index >= 15 is 0 Å². The number of rotatable bonds is 5. The number of fused-ring (bicyclic) bond motifs is 1. The molecular weight excluding hydrogens is 341 g/mol. The van der Waals surface area contributed by atoms with Gasteiger partial charge in [0.2, 0.25) is 0 Å². The van der Waals surface area contributed by atoms with Crippen molar-refractivity contribution in [3.8, 4) is 0 Å². The molecule has 0 aliphatic heterocycles. The molecule has 0 saturated carbocycles. The number of benzene rings is 3. The van der Waals surface area contributed by atoms with E-state index < -0.39 is 0 Å². The molecule has 1 heterocycles. The molecule has 0 spiro atoms. The average molecular weight is 361 g/mol. The Morgan fingerprint density at radius 2 is 1.58 bits per heavy atom. The van der Waals surface area contributed by atoms with E-state index in [0.717, 1.165) is 12.1 Å². The van der Waals surface area contributed by atoms with Crippen LogP contribution in [0.25, 0.3) is 10.9 Å². The zero-order valence-corrected chi connectivity index (χ0v) is 15.4. The fourth-order valence-corrected chi connectivity index (χ4v) is 4.37. The second kappa shape index (κ2) is 7.38. The summed E-state index contributed by atoms with van der Waals surface area (Å²) < 4.78 is 15.4. The molecule has 3 heteroatoms. The minimum atomic E-state index is -0.195. The van der Waals surface area contributed by atoms with E-state index in [1.165, 1.54) is 33.5 Å². The Morgan fingerprint density at radius 1 is 0.885 bits per heavy atom. The molecule has 0 aliphatic carbocycles. The van der Waals surface area contributed by atoms with Crippen LogP contribution in [-0.4, -0.2) is 4.57 Å². The molecule has 0 N–H and O–H groups in total. The third-order valence-electron chi connectivity index (χ3n) is 4.59. The third-order valence-corrected chi connectivity index (χ3v) is 5.80. The molecule has 0 aliphatic rings.